The molecule has 0 saturated carbocycles. The molecule has 0 radical (unpaired) electrons. The lowest BCUT2D eigenvalue weighted by Gasteiger charge is -2.34. The Morgan fingerprint density at radius 1 is 1.12 bits per heavy atom. The van der Waals surface area contributed by atoms with Gasteiger partial charge in [-0.15, -0.1) is 0 Å². The molecule has 2 N–H and O–H groups in total. The van der Waals surface area contributed by atoms with Crippen LogP contribution in [0.2, 0.25) is 0 Å². The first-order valence-corrected chi connectivity index (χ1v) is 6.32. The molecule has 1 unspecified atom stereocenters. The largest absolute Gasteiger partial charge is 0.329 e. The van der Waals surface area contributed by atoms with Gasteiger partial charge in [-0.25, -0.2) is 0 Å². The zero-order valence-corrected chi connectivity index (χ0v) is 10.2. The van der Waals surface area contributed by atoms with E-state index in [4.69, 9.17) is 5.73 Å². The summed E-state index contributed by atoms with van der Waals surface area (Å²) in [5.41, 5.74) is 8.62. The second-order valence-corrected chi connectivity index (χ2v) is 4.76. The van der Waals surface area contributed by atoms with Gasteiger partial charge in [0.2, 0.25) is 0 Å². The second-order valence-electron chi connectivity index (χ2n) is 4.76. The van der Waals surface area contributed by atoms with Gasteiger partial charge >= 0.3 is 0 Å². The lowest BCUT2D eigenvalue weighted by Crippen LogP contribution is -2.37. The van der Waals surface area contributed by atoms with Gasteiger partial charge in [-0.05, 0) is 38.4 Å². The Hall–Kier alpha value is -0.860. The SMILES string of the molecule is Cc1ccc(C(CN)N2CCCCC2)cc1. The minimum absolute atomic E-state index is 0.417. The fourth-order valence-corrected chi connectivity index (χ4v) is 2.51. The maximum absolute atomic E-state index is 5.93. The van der Waals surface area contributed by atoms with Crippen molar-refractivity contribution in [3.8, 4) is 0 Å². The fraction of sp³-hybridized carbons (Fsp3) is 0.571. The molecule has 0 spiro atoms. The van der Waals surface area contributed by atoms with Crippen molar-refractivity contribution in [2.45, 2.75) is 32.2 Å². The van der Waals surface area contributed by atoms with Crippen molar-refractivity contribution in [3.63, 3.8) is 0 Å². The van der Waals surface area contributed by atoms with Crippen LogP contribution in [0.3, 0.4) is 0 Å². The van der Waals surface area contributed by atoms with Crippen LogP contribution in [0.4, 0.5) is 0 Å². The summed E-state index contributed by atoms with van der Waals surface area (Å²) >= 11 is 0. The summed E-state index contributed by atoms with van der Waals surface area (Å²) in [6.07, 6.45) is 4.02. The number of nitrogens with two attached hydrogens (primary N) is 1. The van der Waals surface area contributed by atoms with Crippen molar-refractivity contribution in [1.29, 1.82) is 0 Å². The average Bonchev–Trinajstić information content (AvgIpc) is 2.34. The Bertz CT molecular complexity index is 312. The Kier molecular flexibility index (Phi) is 3.97. The summed E-state index contributed by atoms with van der Waals surface area (Å²) in [6, 6.07) is 9.23. The lowest BCUT2D eigenvalue weighted by molar-refractivity contribution is 0.167. The normalized spacial score (nSPS) is 19.6. The lowest BCUT2D eigenvalue weighted by atomic mass is 10.0. The van der Waals surface area contributed by atoms with Gasteiger partial charge in [0, 0.05) is 12.6 Å². The van der Waals surface area contributed by atoms with Crippen LogP contribution in [0.1, 0.15) is 36.4 Å². The van der Waals surface area contributed by atoms with Crippen LogP contribution in [0, 0.1) is 6.92 Å². The van der Waals surface area contributed by atoms with Crippen LogP contribution in [0.15, 0.2) is 24.3 Å². The van der Waals surface area contributed by atoms with E-state index in [1.165, 1.54) is 43.5 Å². The van der Waals surface area contributed by atoms with E-state index >= 15 is 0 Å². The maximum atomic E-state index is 5.93. The van der Waals surface area contributed by atoms with Gasteiger partial charge in [0.25, 0.3) is 0 Å². The molecule has 1 aromatic rings. The Labute approximate surface area is 98.4 Å². The summed E-state index contributed by atoms with van der Waals surface area (Å²) in [5, 5.41) is 0. The highest BCUT2D eigenvalue weighted by atomic mass is 15.2. The van der Waals surface area contributed by atoms with Crippen molar-refractivity contribution in [3.05, 3.63) is 35.4 Å². The van der Waals surface area contributed by atoms with Crippen molar-refractivity contribution in [2.24, 2.45) is 5.73 Å². The van der Waals surface area contributed by atoms with Gasteiger partial charge in [0.15, 0.2) is 0 Å². The predicted octanol–water partition coefficient (Wildman–Crippen LogP) is 2.48. The van der Waals surface area contributed by atoms with Gasteiger partial charge in [-0.1, -0.05) is 36.2 Å². The fourth-order valence-electron chi connectivity index (χ4n) is 2.51. The van der Waals surface area contributed by atoms with E-state index in [0.717, 1.165) is 6.54 Å². The van der Waals surface area contributed by atoms with Crippen LogP contribution in [-0.2, 0) is 0 Å². The Morgan fingerprint density at radius 2 is 1.75 bits per heavy atom. The van der Waals surface area contributed by atoms with Crippen molar-refractivity contribution < 1.29 is 0 Å². The first kappa shape index (κ1) is 11.6. The number of likely N-dealkylation sites (tertiary alicyclic amines) is 1. The molecule has 1 aliphatic rings. The number of nitrogens with zero attached hydrogens (tertiary/aromatic N) is 1. The molecule has 0 amide bonds. The van der Waals surface area contributed by atoms with E-state index in [1.54, 1.807) is 0 Å². The Morgan fingerprint density at radius 3 is 2.31 bits per heavy atom. The van der Waals surface area contributed by atoms with Gasteiger partial charge in [-0.2, -0.15) is 0 Å². The quantitative estimate of drug-likeness (QED) is 0.844. The van der Waals surface area contributed by atoms with Crippen LogP contribution < -0.4 is 5.73 Å². The third-order valence-electron chi connectivity index (χ3n) is 3.52. The standard InChI is InChI=1S/C14H22N2/c1-12-5-7-13(8-6-12)14(11-15)16-9-3-2-4-10-16/h5-8,14H,2-4,9-11,15H2,1H3. The van der Waals surface area contributed by atoms with Crippen molar-refractivity contribution in [2.75, 3.05) is 19.6 Å². The van der Waals surface area contributed by atoms with E-state index in [2.05, 4.69) is 36.1 Å². The maximum Gasteiger partial charge on any atom is 0.0470 e. The number of benzene rings is 1. The molecule has 1 saturated heterocycles. The van der Waals surface area contributed by atoms with Crippen LogP contribution in [-0.4, -0.2) is 24.5 Å². The number of hydrogen-bond acceptors (Lipinski definition) is 2. The molecule has 1 atom stereocenters. The third-order valence-corrected chi connectivity index (χ3v) is 3.52. The summed E-state index contributed by atoms with van der Waals surface area (Å²) in [7, 11) is 0. The van der Waals surface area contributed by atoms with Crippen molar-refractivity contribution >= 4 is 0 Å². The molecule has 2 rings (SSSR count). The van der Waals surface area contributed by atoms with Crippen LogP contribution in [0.5, 0.6) is 0 Å². The zero-order valence-electron chi connectivity index (χ0n) is 10.2. The number of piperidine rings is 1. The molecule has 16 heavy (non-hydrogen) atoms. The van der Waals surface area contributed by atoms with Crippen LogP contribution in [0.25, 0.3) is 0 Å². The highest BCUT2D eigenvalue weighted by Gasteiger charge is 2.20. The van der Waals surface area contributed by atoms with Gasteiger partial charge in [-0.3, -0.25) is 4.90 Å². The average molecular weight is 218 g/mol. The topological polar surface area (TPSA) is 29.3 Å². The highest BCUT2D eigenvalue weighted by molar-refractivity contribution is 5.24. The minimum Gasteiger partial charge on any atom is -0.329 e. The van der Waals surface area contributed by atoms with Gasteiger partial charge in [0.05, 0.1) is 0 Å². The molecule has 0 aromatic heterocycles. The zero-order chi connectivity index (χ0) is 11.4. The summed E-state index contributed by atoms with van der Waals surface area (Å²) in [5.74, 6) is 0. The molecule has 2 heteroatoms. The monoisotopic (exact) mass is 218 g/mol. The molecule has 1 heterocycles. The number of hydrogen-bond donors (Lipinski definition) is 1. The predicted molar refractivity (Wildman–Crippen MR) is 68.4 cm³/mol. The molecule has 1 aliphatic heterocycles. The highest BCUT2D eigenvalue weighted by Crippen LogP contribution is 2.23. The number of aryl methyl sites for hydroxylation is 1. The van der Waals surface area contributed by atoms with Gasteiger partial charge < -0.3 is 5.73 Å². The summed E-state index contributed by atoms with van der Waals surface area (Å²) in [6.45, 7) is 5.26. The summed E-state index contributed by atoms with van der Waals surface area (Å²) in [4.78, 5) is 2.54. The molecule has 0 aliphatic carbocycles. The molecule has 1 aromatic carbocycles. The molecular formula is C14H22N2. The van der Waals surface area contributed by atoms with Crippen molar-refractivity contribution in [1.82, 2.24) is 4.90 Å². The third kappa shape index (κ3) is 2.63. The second kappa shape index (κ2) is 5.46. The molecule has 0 bridgehead atoms. The first-order chi connectivity index (χ1) is 7.81. The number of rotatable bonds is 3. The van der Waals surface area contributed by atoms with Gasteiger partial charge in [0.1, 0.15) is 0 Å². The van der Waals surface area contributed by atoms with E-state index in [9.17, 15) is 0 Å². The molecule has 2 nitrogen and oxygen atoms in total. The molecule has 88 valence electrons. The van der Waals surface area contributed by atoms with E-state index in [0.29, 0.717) is 6.04 Å². The van der Waals surface area contributed by atoms with E-state index in [1.807, 2.05) is 0 Å². The Balaban J connectivity index is 2.11. The molecule has 1 fully saturated rings. The smallest absolute Gasteiger partial charge is 0.0470 e. The minimum atomic E-state index is 0.417. The first-order valence-electron chi connectivity index (χ1n) is 6.32. The van der Waals surface area contributed by atoms with E-state index < -0.39 is 0 Å². The van der Waals surface area contributed by atoms with E-state index in [-0.39, 0.29) is 0 Å². The van der Waals surface area contributed by atoms with Crippen LogP contribution >= 0.6 is 0 Å². The molecular weight excluding hydrogens is 196 g/mol. The summed E-state index contributed by atoms with van der Waals surface area (Å²) < 4.78 is 0.